The van der Waals surface area contributed by atoms with Crippen molar-refractivity contribution < 1.29 is 9.18 Å². The molecular weight excluding hydrogens is 411 g/mol. The number of ketones is 1. The van der Waals surface area contributed by atoms with E-state index < -0.39 is 0 Å². The number of pyridine rings is 2. The van der Waals surface area contributed by atoms with Crippen LogP contribution in [0.4, 0.5) is 4.39 Å². The SMILES string of the molecule is Cc1ccc(C(=O)C[C@@H]2CCC[C@H](n3c(-c4ncccc4F)nc4cnccc43)C2)s1. The molecule has 0 aliphatic heterocycles. The summed E-state index contributed by atoms with van der Waals surface area (Å²) in [5, 5.41) is 0. The van der Waals surface area contributed by atoms with E-state index in [1.165, 1.54) is 6.07 Å². The Labute approximate surface area is 184 Å². The standard InChI is InChI=1S/C24H23FN4OS/c1-15-7-8-22(31-15)21(30)13-16-4-2-5-17(12-16)29-20-9-11-26-14-19(20)28-24(29)23-18(25)6-3-10-27-23/h3,6-11,14,16-17H,2,4-5,12-13H2,1H3/t16-,17+/m1/s1. The summed E-state index contributed by atoms with van der Waals surface area (Å²) in [4.78, 5) is 27.9. The Hall–Kier alpha value is -2.93. The Morgan fingerprint density at radius 3 is 2.94 bits per heavy atom. The number of aromatic nitrogens is 4. The number of aryl methyl sites for hydroxylation is 1. The van der Waals surface area contributed by atoms with E-state index in [4.69, 9.17) is 0 Å². The second-order valence-electron chi connectivity index (χ2n) is 8.23. The van der Waals surface area contributed by atoms with Gasteiger partial charge in [-0.2, -0.15) is 0 Å². The van der Waals surface area contributed by atoms with Gasteiger partial charge in [-0.3, -0.25) is 9.78 Å². The van der Waals surface area contributed by atoms with Crippen LogP contribution in [0.1, 0.15) is 52.7 Å². The maximum Gasteiger partial charge on any atom is 0.173 e. The number of halogens is 1. The predicted octanol–water partition coefficient (Wildman–Crippen LogP) is 6.01. The van der Waals surface area contributed by atoms with Crippen LogP contribution in [0, 0.1) is 18.7 Å². The lowest BCUT2D eigenvalue weighted by Gasteiger charge is -2.31. The molecule has 0 unspecified atom stereocenters. The molecule has 2 atom stereocenters. The third-order valence-corrected chi connectivity index (χ3v) is 7.11. The van der Waals surface area contributed by atoms with Gasteiger partial charge in [0.1, 0.15) is 11.2 Å². The highest BCUT2D eigenvalue weighted by molar-refractivity contribution is 7.14. The van der Waals surface area contributed by atoms with Gasteiger partial charge in [0.2, 0.25) is 0 Å². The van der Waals surface area contributed by atoms with Crippen LogP contribution in [0.3, 0.4) is 0 Å². The van der Waals surface area contributed by atoms with Gasteiger partial charge in [0, 0.05) is 29.7 Å². The van der Waals surface area contributed by atoms with Crippen LogP contribution in [0.2, 0.25) is 0 Å². The Morgan fingerprint density at radius 1 is 1.23 bits per heavy atom. The molecule has 1 fully saturated rings. The molecule has 0 amide bonds. The van der Waals surface area contributed by atoms with Crippen LogP contribution < -0.4 is 0 Å². The first-order valence-corrected chi connectivity index (χ1v) is 11.4. The fraction of sp³-hybridized carbons (Fsp3) is 0.333. The van der Waals surface area contributed by atoms with Gasteiger partial charge in [-0.05, 0) is 62.4 Å². The summed E-state index contributed by atoms with van der Waals surface area (Å²) in [7, 11) is 0. The van der Waals surface area contributed by atoms with Gasteiger partial charge >= 0.3 is 0 Å². The van der Waals surface area contributed by atoms with E-state index in [2.05, 4.69) is 19.5 Å². The number of nitrogens with zero attached hydrogens (tertiary/aromatic N) is 4. The fourth-order valence-corrected chi connectivity index (χ4v) is 5.48. The summed E-state index contributed by atoms with van der Waals surface area (Å²) in [6.07, 6.45) is 9.49. The number of Topliss-reactive ketones (excluding diaryl/α,β-unsaturated/α-hetero) is 1. The first-order valence-electron chi connectivity index (χ1n) is 10.6. The summed E-state index contributed by atoms with van der Waals surface area (Å²) in [6, 6.07) is 9.00. The number of hydrogen-bond donors (Lipinski definition) is 0. The molecule has 0 saturated heterocycles. The van der Waals surface area contributed by atoms with Gasteiger partial charge in [-0.1, -0.05) is 6.42 Å². The first-order chi connectivity index (χ1) is 15.1. The topological polar surface area (TPSA) is 60.7 Å². The third kappa shape index (κ3) is 3.90. The largest absolute Gasteiger partial charge is 0.319 e. The highest BCUT2D eigenvalue weighted by atomic mass is 32.1. The summed E-state index contributed by atoms with van der Waals surface area (Å²) < 4.78 is 16.7. The number of carbonyl (C=O) groups is 1. The molecule has 0 N–H and O–H groups in total. The van der Waals surface area contributed by atoms with Crippen molar-refractivity contribution in [3.63, 3.8) is 0 Å². The van der Waals surface area contributed by atoms with E-state index >= 15 is 0 Å². The lowest BCUT2D eigenvalue weighted by atomic mass is 9.82. The molecule has 5 nitrogen and oxygen atoms in total. The number of imidazole rings is 1. The van der Waals surface area contributed by atoms with Gasteiger partial charge in [0.05, 0.1) is 16.6 Å². The van der Waals surface area contributed by atoms with E-state index in [1.54, 1.807) is 36.0 Å². The molecule has 7 heteroatoms. The maximum absolute atomic E-state index is 14.6. The van der Waals surface area contributed by atoms with Crippen molar-refractivity contribution >= 4 is 28.2 Å². The zero-order valence-corrected chi connectivity index (χ0v) is 18.1. The summed E-state index contributed by atoms with van der Waals surface area (Å²) in [6.45, 7) is 2.02. The third-order valence-electron chi connectivity index (χ3n) is 6.07. The molecule has 0 bridgehead atoms. The number of fused-ring (bicyclic) bond motifs is 1. The van der Waals surface area contributed by atoms with Crippen molar-refractivity contribution in [2.45, 2.75) is 45.1 Å². The van der Waals surface area contributed by atoms with Gasteiger partial charge in [0.25, 0.3) is 0 Å². The molecule has 0 spiro atoms. The van der Waals surface area contributed by atoms with Crippen molar-refractivity contribution in [2.75, 3.05) is 0 Å². The Balaban J connectivity index is 1.48. The number of rotatable bonds is 5. The van der Waals surface area contributed by atoms with Crippen LogP contribution >= 0.6 is 11.3 Å². The molecular formula is C24H23FN4OS. The van der Waals surface area contributed by atoms with Gasteiger partial charge < -0.3 is 4.57 Å². The minimum absolute atomic E-state index is 0.139. The monoisotopic (exact) mass is 434 g/mol. The van der Waals surface area contributed by atoms with E-state index in [1.807, 2.05) is 25.1 Å². The molecule has 0 radical (unpaired) electrons. The van der Waals surface area contributed by atoms with Crippen LogP contribution in [0.5, 0.6) is 0 Å². The van der Waals surface area contributed by atoms with Crippen LogP contribution in [-0.4, -0.2) is 25.3 Å². The number of carbonyl (C=O) groups excluding carboxylic acids is 1. The normalized spacial score (nSPS) is 19.0. The highest BCUT2D eigenvalue weighted by Crippen LogP contribution is 2.39. The van der Waals surface area contributed by atoms with E-state index in [0.717, 1.165) is 46.5 Å². The predicted molar refractivity (Wildman–Crippen MR) is 120 cm³/mol. The van der Waals surface area contributed by atoms with Crippen LogP contribution in [0.25, 0.3) is 22.6 Å². The van der Waals surface area contributed by atoms with Crippen molar-refractivity contribution in [3.8, 4) is 11.5 Å². The summed E-state index contributed by atoms with van der Waals surface area (Å²) in [5.41, 5.74) is 1.92. The molecule has 4 heterocycles. The Morgan fingerprint density at radius 2 is 2.13 bits per heavy atom. The average molecular weight is 435 g/mol. The van der Waals surface area contributed by atoms with Crippen molar-refractivity contribution in [3.05, 3.63) is 64.5 Å². The summed E-state index contributed by atoms with van der Waals surface area (Å²) >= 11 is 1.56. The lowest BCUT2D eigenvalue weighted by Crippen LogP contribution is -2.22. The molecule has 4 aromatic rings. The van der Waals surface area contributed by atoms with E-state index in [9.17, 15) is 9.18 Å². The van der Waals surface area contributed by atoms with Gasteiger partial charge in [-0.25, -0.2) is 14.4 Å². The van der Waals surface area contributed by atoms with Crippen LogP contribution in [-0.2, 0) is 0 Å². The molecule has 1 saturated carbocycles. The van der Waals surface area contributed by atoms with Crippen molar-refractivity contribution in [2.24, 2.45) is 5.92 Å². The average Bonchev–Trinajstić information content (AvgIpc) is 3.38. The smallest absolute Gasteiger partial charge is 0.173 e. The molecule has 31 heavy (non-hydrogen) atoms. The minimum Gasteiger partial charge on any atom is -0.319 e. The number of hydrogen-bond acceptors (Lipinski definition) is 5. The Bertz CT molecular complexity index is 1250. The highest BCUT2D eigenvalue weighted by Gasteiger charge is 2.29. The van der Waals surface area contributed by atoms with Gasteiger partial charge in [0.15, 0.2) is 17.4 Å². The maximum atomic E-state index is 14.6. The molecule has 4 aromatic heterocycles. The lowest BCUT2D eigenvalue weighted by molar-refractivity contribution is 0.0946. The number of thiophene rings is 1. The fourth-order valence-electron chi connectivity index (χ4n) is 4.67. The second-order valence-corrected chi connectivity index (χ2v) is 9.52. The van der Waals surface area contributed by atoms with Crippen molar-refractivity contribution in [1.29, 1.82) is 0 Å². The zero-order chi connectivity index (χ0) is 21.4. The minimum atomic E-state index is -0.386. The first kappa shape index (κ1) is 20.0. The quantitative estimate of drug-likeness (QED) is 0.361. The van der Waals surface area contributed by atoms with Gasteiger partial charge in [-0.15, -0.1) is 11.3 Å². The zero-order valence-electron chi connectivity index (χ0n) is 17.3. The molecule has 1 aliphatic rings. The molecule has 0 aromatic carbocycles. The van der Waals surface area contributed by atoms with E-state index in [0.29, 0.717) is 18.2 Å². The second kappa shape index (κ2) is 8.30. The molecule has 158 valence electrons. The van der Waals surface area contributed by atoms with E-state index in [-0.39, 0.29) is 23.3 Å². The van der Waals surface area contributed by atoms with Crippen LogP contribution in [0.15, 0.2) is 48.9 Å². The Kier molecular flexibility index (Phi) is 5.36. The molecule has 1 aliphatic carbocycles. The molecule has 5 rings (SSSR count). The summed E-state index contributed by atoms with van der Waals surface area (Å²) in [5.74, 6) is 0.670. The van der Waals surface area contributed by atoms with Crippen molar-refractivity contribution in [1.82, 2.24) is 19.5 Å².